The normalized spacial score (nSPS) is 12.3. The molecule has 0 amide bonds. The molecule has 0 bridgehead atoms. The zero-order valence-electron chi connectivity index (χ0n) is 14.7. The summed E-state index contributed by atoms with van der Waals surface area (Å²) in [5.74, 6) is 0. The largest absolute Gasteiger partial charge is 0.491 e. The fourth-order valence-electron chi connectivity index (χ4n) is 0.879. The van der Waals surface area contributed by atoms with Crippen LogP contribution in [0.3, 0.4) is 0 Å². The van der Waals surface area contributed by atoms with Crippen molar-refractivity contribution >= 4 is 18.7 Å². The van der Waals surface area contributed by atoms with Crippen molar-refractivity contribution in [2.45, 2.75) is 65.3 Å². The summed E-state index contributed by atoms with van der Waals surface area (Å²) in [6, 6.07) is 0. The molecule has 0 aliphatic rings. The van der Waals surface area contributed by atoms with E-state index in [-0.39, 0.29) is 5.46 Å². The lowest BCUT2D eigenvalue weighted by Crippen LogP contribution is -2.44. The fourth-order valence-corrected chi connectivity index (χ4v) is 0.879. The molecule has 0 unspecified atom stereocenters. The van der Waals surface area contributed by atoms with Crippen LogP contribution in [-0.4, -0.2) is 60.1 Å². The zero-order valence-corrected chi connectivity index (χ0v) is 14.7. The third-order valence-electron chi connectivity index (χ3n) is 2.98. The number of hydrogen-bond acceptors (Lipinski definition) is 7. The maximum absolute atomic E-state index is 11.4. The van der Waals surface area contributed by atoms with Crippen molar-refractivity contribution in [1.82, 2.24) is 9.78 Å². The molecule has 0 saturated carbocycles. The highest BCUT2D eigenvalue weighted by Crippen LogP contribution is 2.19. The summed E-state index contributed by atoms with van der Waals surface area (Å²) < 4.78 is 5.93. The molecule has 0 aliphatic carbocycles. The van der Waals surface area contributed by atoms with Gasteiger partial charge in [0.2, 0.25) is 0 Å². The van der Waals surface area contributed by atoms with Gasteiger partial charge in [-0.05, 0) is 48.5 Å². The minimum atomic E-state index is -1.64. The fraction of sp³-hybridized carbons (Fsp3) is 0.714. The molecule has 4 N–H and O–H groups in total. The van der Waals surface area contributed by atoms with Crippen molar-refractivity contribution in [2.75, 3.05) is 0 Å². The van der Waals surface area contributed by atoms with E-state index in [1.165, 1.54) is 12.4 Å². The van der Waals surface area contributed by atoms with Gasteiger partial charge in [0.15, 0.2) is 0 Å². The molecule has 132 valence electrons. The van der Waals surface area contributed by atoms with Gasteiger partial charge in [0.25, 0.3) is 0 Å². The molecule has 1 heterocycles. The Morgan fingerprint density at radius 1 is 1.09 bits per heavy atom. The van der Waals surface area contributed by atoms with Crippen LogP contribution in [0.4, 0.5) is 4.79 Å². The number of nitrogens with zero attached hydrogens (tertiary/aromatic N) is 2. The van der Waals surface area contributed by atoms with Gasteiger partial charge in [-0.2, -0.15) is 9.78 Å². The van der Waals surface area contributed by atoms with Crippen LogP contribution in [0.1, 0.15) is 48.5 Å². The van der Waals surface area contributed by atoms with Gasteiger partial charge in [-0.25, -0.2) is 4.79 Å². The lowest BCUT2D eigenvalue weighted by Gasteiger charge is -2.31. The van der Waals surface area contributed by atoms with Gasteiger partial charge in [0.05, 0.1) is 11.2 Å². The Morgan fingerprint density at radius 3 is 1.78 bits per heavy atom. The van der Waals surface area contributed by atoms with Gasteiger partial charge in [-0.15, -0.1) is 0 Å². The number of hydrogen-bond donors (Lipinski definition) is 4. The summed E-state index contributed by atoms with van der Waals surface area (Å²) in [5.41, 5.74) is -2.48. The molecule has 0 radical (unpaired) electrons. The van der Waals surface area contributed by atoms with E-state index in [2.05, 4.69) is 5.10 Å². The first-order valence-electron chi connectivity index (χ1n) is 7.13. The Labute approximate surface area is 136 Å². The lowest BCUT2D eigenvalue weighted by molar-refractivity contribution is -0.107. The van der Waals surface area contributed by atoms with E-state index in [0.717, 1.165) is 4.68 Å². The molecule has 0 spiro atoms. The van der Waals surface area contributed by atoms with Crippen LogP contribution in [0.5, 0.6) is 0 Å². The molecule has 0 aliphatic heterocycles. The van der Waals surface area contributed by atoms with Crippen molar-refractivity contribution in [2.24, 2.45) is 0 Å². The van der Waals surface area contributed by atoms with Gasteiger partial charge < -0.3 is 25.0 Å². The van der Waals surface area contributed by atoms with E-state index in [0.29, 0.717) is 0 Å². The summed E-state index contributed by atoms with van der Waals surface area (Å²) in [6.07, 6.45) is 1.74. The SMILES string of the molecule is CC(C)(C)OC(=O)n1cc(B(O)O)cn1.CC(C)(O)C(C)(C)O. The Balaban J connectivity index is 0.000000515. The number of aromatic nitrogens is 2. The molecule has 0 saturated heterocycles. The van der Waals surface area contributed by atoms with E-state index in [4.69, 9.17) is 25.0 Å². The van der Waals surface area contributed by atoms with Crippen molar-refractivity contribution in [1.29, 1.82) is 0 Å². The molecular weight excluding hydrogens is 303 g/mol. The third-order valence-corrected chi connectivity index (χ3v) is 2.98. The van der Waals surface area contributed by atoms with Gasteiger partial charge in [-0.3, -0.25) is 0 Å². The minimum absolute atomic E-state index is 0.140. The highest BCUT2D eigenvalue weighted by Gasteiger charge is 2.31. The smallest absolute Gasteiger partial charge is 0.442 e. The predicted octanol–water partition coefficient (Wildman–Crippen LogP) is -0.126. The van der Waals surface area contributed by atoms with Crippen LogP contribution in [0.25, 0.3) is 0 Å². The zero-order chi connectivity index (χ0) is 18.6. The molecule has 0 atom stereocenters. The molecule has 23 heavy (non-hydrogen) atoms. The van der Waals surface area contributed by atoms with E-state index < -0.39 is 30.0 Å². The van der Waals surface area contributed by atoms with Crippen LogP contribution in [0.15, 0.2) is 12.4 Å². The number of carbonyl (C=O) groups is 1. The quantitative estimate of drug-likeness (QED) is 0.557. The molecule has 8 nitrogen and oxygen atoms in total. The van der Waals surface area contributed by atoms with Crippen molar-refractivity contribution in [3.05, 3.63) is 12.4 Å². The predicted molar refractivity (Wildman–Crippen MR) is 86.3 cm³/mol. The van der Waals surface area contributed by atoms with E-state index >= 15 is 0 Å². The number of aliphatic hydroxyl groups is 2. The first kappa shape index (κ1) is 21.6. The first-order chi connectivity index (χ1) is 10.0. The van der Waals surface area contributed by atoms with E-state index in [1.54, 1.807) is 48.5 Å². The Bertz CT molecular complexity index is 497. The van der Waals surface area contributed by atoms with Gasteiger partial charge in [0.1, 0.15) is 5.60 Å². The monoisotopic (exact) mass is 330 g/mol. The second kappa shape index (κ2) is 7.44. The van der Waals surface area contributed by atoms with Crippen molar-refractivity contribution in [3.63, 3.8) is 0 Å². The molecule has 1 rings (SSSR count). The minimum Gasteiger partial charge on any atom is -0.442 e. The van der Waals surface area contributed by atoms with Crippen LogP contribution in [0.2, 0.25) is 0 Å². The van der Waals surface area contributed by atoms with Crippen molar-refractivity contribution in [3.8, 4) is 0 Å². The second-order valence-electron chi connectivity index (χ2n) is 7.19. The summed E-state index contributed by atoms with van der Waals surface area (Å²) >= 11 is 0. The number of ether oxygens (including phenoxy) is 1. The lowest BCUT2D eigenvalue weighted by atomic mass is 9.83. The maximum Gasteiger partial charge on any atom is 0.491 e. The van der Waals surface area contributed by atoms with Crippen LogP contribution in [0, 0.1) is 0 Å². The molecular formula is C14H27BN2O6. The molecule has 0 fully saturated rings. The standard InChI is InChI=1S/C8H13BN2O4.C6H14O2/c1-8(2,3)15-7(12)11-5-6(4-10-11)9(13)14;1-5(2,7)6(3,4)8/h4-5,13-14H,1-3H3;7-8H,1-4H3. The molecule has 1 aromatic heterocycles. The Kier molecular flexibility index (Phi) is 6.98. The summed E-state index contributed by atoms with van der Waals surface area (Å²) in [4.78, 5) is 11.4. The molecule has 0 aromatic carbocycles. The Morgan fingerprint density at radius 2 is 1.52 bits per heavy atom. The highest BCUT2D eigenvalue weighted by atomic mass is 16.6. The van der Waals surface area contributed by atoms with E-state index in [9.17, 15) is 4.79 Å². The van der Waals surface area contributed by atoms with Gasteiger partial charge in [0, 0.05) is 17.9 Å². The second-order valence-corrected chi connectivity index (χ2v) is 7.19. The van der Waals surface area contributed by atoms with Gasteiger partial charge >= 0.3 is 13.2 Å². The van der Waals surface area contributed by atoms with Crippen LogP contribution < -0.4 is 5.46 Å². The summed E-state index contributed by atoms with van der Waals surface area (Å²) in [7, 11) is -1.64. The average molecular weight is 330 g/mol. The van der Waals surface area contributed by atoms with E-state index in [1.807, 2.05) is 0 Å². The van der Waals surface area contributed by atoms with Crippen LogP contribution >= 0.6 is 0 Å². The maximum atomic E-state index is 11.4. The average Bonchev–Trinajstić information content (AvgIpc) is 2.73. The van der Waals surface area contributed by atoms with Crippen LogP contribution in [-0.2, 0) is 4.74 Å². The first-order valence-corrected chi connectivity index (χ1v) is 7.13. The number of rotatable bonds is 2. The molecule has 1 aromatic rings. The third kappa shape index (κ3) is 8.12. The highest BCUT2D eigenvalue weighted by molar-refractivity contribution is 6.58. The van der Waals surface area contributed by atoms with Crippen molar-refractivity contribution < 1.29 is 29.8 Å². The molecule has 9 heteroatoms. The Hall–Kier alpha value is -1.42. The number of carbonyl (C=O) groups excluding carboxylic acids is 1. The van der Waals surface area contributed by atoms with Gasteiger partial charge in [-0.1, -0.05) is 0 Å². The summed E-state index contributed by atoms with van der Waals surface area (Å²) in [6.45, 7) is 11.5. The summed E-state index contributed by atoms with van der Waals surface area (Å²) in [5, 5.41) is 39.5. The topological polar surface area (TPSA) is 125 Å².